The minimum absolute atomic E-state index is 0.0829. The lowest BCUT2D eigenvalue weighted by atomic mass is 10.0. The Morgan fingerprint density at radius 1 is 1.33 bits per heavy atom. The molecule has 2 heterocycles. The van der Waals surface area contributed by atoms with Crippen molar-refractivity contribution in [3.63, 3.8) is 0 Å². The molecular weight excluding hydrogens is 351 g/mol. The van der Waals surface area contributed by atoms with Crippen LogP contribution in [0.15, 0.2) is 28.8 Å². The number of likely N-dealkylation sites (tertiary alicyclic amines) is 1. The Morgan fingerprint density at radius 2 is 2.15 bits per heavy atom. The number of rotatable bonds is 7. The maximum atomic E-state index is 12.9. The molecule has 1 aromatic carbocycles. The van der Waals surface area contributed by atoms with Gasteiger partial charge in [0, 0.05) is 13.1 Å². The Hall–Kier alpha value is -2.48. The number of nitrogens with one attached hydrogen (secondary N) is 1. The zero-order valence-electron chi connectivity index (χ0n) is 15.5. The molecule has 3 rings (SSSR count). The second kappa shape index (κ2) is 9.45. The summed E-state index contributed by atoms with van der Waals surface area (Å²) in [6, 6.07) is 5.87. The van der Waals surface area contributed by atoms with E-state index in [4.69, 9.17) is 9.26 Å². The van der Waals surface area contributed by atoms with Gasteiger partial charge >= 0.3 is 6.03 Å². The molecule has 1 aliphatic rings. The van der Waals surface area contributed by atoms with Crippen LogP contribution in [0.2, 0.25) is 0 Å². The number of hydrogen-bond acceptors (Lipinski definition) is 5. The van der Waals surface area contributed by atoms with Crippen molar-refractivity contribution in [3.8, 4) is 0 Å². The van der Waals surface area contributed by atoms with E-state index in [1.54, 1.807) is 17.0 Å². The minimum atomic E-state index is -0.277. The van der Waals surface area contributed by atoms with Crippen LogP contribution in [0.4, 0.5) is 9.18 Å². The highest BCUT2D eigenvalue weighted by atomic mass is 19.1. The summed E-state index contributed by atoms with van der Waals surface area (Å²) in [6.07, 6.45) is 3.70. The van der Waals surface area contributed by atoms with Gasteiger partial charge in [0.1, 0.15) is 12.4 Å². The van der Waals surface area contributed by atoms with Crippen molar-refractivity contribution >= 4 is 6.03 Å². The van der Waals surface area contributed by atoms with Crippen molar-refractivity contribution in [1.82, 2.24) is 20.4 Å². The van der Waals surface area contributed by atoms with E-state index in [-0.39, 0.29) is 24.5 Å². The normalized spacial score (nSPS) is 17.1. The van der Waals surface area contributed by atoms with E-state index in [1.807, 2.05) is 6.92 Å². The van der Waals surface area contributed by atoms with Crippen LogP contribution in [-0.2, 0) is 18.0 Å². The molecule has 1 atom stereocenters. The maximum Gasteiger partial charge on any atom is 0.318 e. The van der Waals surface area contributed by atoms with E-state index >= 15 is 0 Å². The first-order chi connectivity index (χ1) is 13.2. The third-order valence-electron chi connectivity index (χ3n) is 4.48. The molecule has 0 aliphatic carbocycles. The first-order valence-corrected chi connectivity index (χ1v) is 9.36. The molecule has 1 aliphatic heterocycles. The predicted molar refractivity (Wildman–Crippen MR) is 96.2 cm³/mol. The van der Waals surface area contributed by atoms with Crippen LogP contribution in [0.3, 0.4) is 0 Å². The lowest BCUT2D eigenvalue weighted by Crippen LogP contribution is -2.45. The van der Waals surface area contributed by atoms with Gasteiger partial charge in [0.05, 0.1) is 12.6 Å². The van der Waals surface area contributed by atoms with Gasteiger partial charge in [-0.1, -0.05) is 24.2 Å². The van der Waals surface area contributed by atoms with Crippen LogP contribution < -0.4 is 5.32 Å². The molecule has 7 nitrogen and oxygen atoms in total. The van der Waals surface area contributed by atoms with E-state index < -0.39 is 0 Å². The number of amides is 2. The third kappa shape index (κ3) is 5.26. The van der Waals surface area contributed by atoms with E-state index in [0.717, 1.165) is 31.2 Å². The van der Waals surface area contributed by atoms with Gasteiger partial charge in [0.15, 0.2) is 5.82 Å². The Bertz CT molecular complexity index is 735. The molecule has 1 fully saturated rings. The molecule has 1 N–H and O–H groups in total. The molecule has 0 saturated carbocycles. The Morgan fingerprint density at radius 3 is 2.93 bits per heavy atom. The Balaban J connectivity index is 1.56. The molecule has 146 valence electrons. The third-order valence-corrected chi connectivity index (χ3v) is 4.48. The van der Waals surface area contributed by atoms with Crippen LogP contribution in [0.5, 0.6) is 0 Å². The highest BCUT2D eigenvalue weighted by Gasteiger charge is 2.31. The van der Waals surface area contributed by atoms with Crippen molar-refractivity contribution in [1.29, 1.82) is 0 Å². The van der Waals surface area contributed by atoms with Crippen LogP contribution in [0.25, 0.3) is 0 Å². The largest absolute Gasteiger partial charge is 0.367 e. The number of aromatic nitrogens is 2. The van der Waals surface area contributed by atoms with Gasteiger partial charge in [0.25, 0.3) is 5.89 Å². The minimum Gasteiger partial charge on any atom is -0.367 e. The average Bonchev–Trinajstić information content (AvgIpc) is 3.16. The highest BCUT2D eigenvalue weighted by Crippen LogP contribution is 2.29. The molecule has 1 saturated heterocycles. The number of carbonyl (C=O) groups excluding carboxylic acids is 1. The van der Waals surface area contributed by atoms with Crippen molar-refractivity contribution < 1.29 is 18.4 Å². The van der Waals surface area contributed by atoms with Crippen LogP contribution in [0.1, 0.15) is 55.9 Å². The fraction of sp³-hybridized carbons (Fsp3) is 0.526. The van der Waals surface area contributed by atoms with Gasteiger partial charge in [0.2, 0.25) is 0 Å². The molecule has 1 unspecified atom stereocenters. The monoisotopic (exact) mass is 376 g/mol. The maximum absolute atomic E-state index is 12.9. The summed E-state index contributed by atoms with van der Waals surface area (Å²) >= 11 is 0. The smallest absolute Gasteiger partial charge is 0.318 e. The number of nitrogens with zero attached hydrogens (tertiary/aromatic N) is 3. The van der Waals surface area contributed by atoms with Gasteiger partial charge in [-0.2, -0.15) is 4.98 Å². The van der Waals surface area contributed by atoms with Gasteiger partial charge in [-0.05, 0) is 43.4 Å². The van der Waals surface area contributed by atoms with Crippen molar-refractivity contribution in [2.24, 2.45) is 0 Å². The van der Waals surface area contributed by atoms with Gasteiger partial charge in [-0.3, -0.25) is 0 Å². The summed E-state index contributed by atoms with van der Waals surface area (Å²) in [5.74, 6) is 0.605. The highest BCUT2D eigenvalue weighted by molar-refractivity contribution is 5.74. The fourth-order valence-corrected chi connectivity index (χ4v) is 3.08. The SMILES string of the molecule is CCCNC(=O)N1CCCCC1c1noc(COCc2ccc(F)cc2)n1. The summed E-state index contributed by atoms with van der Waals surface area (Å²) in [7, 11) is 0. The molecule has 2 amide bonds. The van der Waals surface area contributed by atoms with Crippen molar-refractivity contribution in [2.45, 2.75) is 51.9 Å². The van der Waals surface area contributed by atoms with E-state index in [0.29, 0.717) is 31.4 Å². The number of piperidine rings is 1. The lowest BCUT2D eigenvalue weighted by Gasteiger charge is -2.33. The number of benzene rings is 1. The Kier molecular flexibility index (Phi) is 6.75. The van der Waals surface area contributed by atoms with E-state index in [1.165, 1.54) is 12.1 Å². The molecule has 2 aromatic rings. The van der Waals surface area contributed by atoms with Crippen LogP contribution >= 0.6 is 0 Å². The Labute approximate surface area is 157 Å². The standard InChI is InChI=1S/C19H25FN4O3/c1-2-10-21-19(25)24-11-4-3-5-16(24)18-22-17(27-23-18)13-26-12-14-6-8-15(20)9-7-14/h6-9,16H,2-5,10-13H2,1H3,(H,21,25). The average molecular weight is 376 g/mol. The summed E-state index contributed by atoms with van der Waals surface area (Å²) in [6.45, 7) is 3.85. The quantitative estimate of drug-likeness (QED) is 0.799. The molecule has 0 bridgehead atoms. The molecule has 8 heteroatoms. The molecule has 1 aromatic heterocycles. The second-order valence-electron chi connectivity index (χ2n) is 6.60. The number of ether oxygens (including phenoxy) is 1. The van der Waals surface area contributed by atoms with Crippen LogP contribution in [0, 0.1) is 5.82 Å². The van der Waals surface area contributed by atoms with Crippen molar-refractivity contribution in [2.75, 3.05) is 13.1 Å². The van der Waals surface area contributed by atoms with Gasteiger partial charge in [-0.25, -0.2) is 9.18 Å². The predicted octanol–water partition coefficient (Wildman–Crippen LogP) is 3.57. The van der Waals surface area contributed by atoms with Crippen molar-refractivity contribution in [3.05, 3.63) is 47.4 Å². The first kappa shape index (κ1) is 19.3. The summed E-state index contributed by atoms with van der Waals surface area (Å²) < 4.78 is 23.7. The zero-order valence-corrected chi connectivity index (χ0v) is 15.5. The first-order valence-electron chi connectivity index (χ1n) is 9.36. The van der Waals surface area contributed by atoms with Gasteiger partial charge < -0.3 is 19.5 Å². The molecule has 0 radical (unpaired) electrons. The molecular formula is C19H25FN4O3. The summed E-state index contributed by atoms with van der Waals surface area (Å²) in [5, 5.41) is 6.97. The van der Waals surface area contributed by atoms with E-state index in [9.17, 15) is 9.18 Å². The molecule has 27 heavy (non-hydrogen) atoms. The topological polar surface area (TPSA) is 80.5 Å². The number of halogens is 1. The summed E-state index contributed by atoms with van der Waals surface area (Å²) in [4.78, 5) is 18.6. The van der Waals surface area contributed by atoms with E-state index in [2.05, 4.69) is 15.5 Å². The summed E-state index contributed by atoms with van der Waals surface area (Å²) in [5.41, 5.74) is 0.863. The second-order valence-corrected chi connectivity index (χ2v) is 6.60. The molecule has 0 spiro atoms. The lowest BCUT2D eigenvalue weighted by molar-refractivity contribution is 0.0849. The number of urea groups is 1. The number of hydrogen-bond donors (Lipinski definition) is 1. The van der Waals surface area contributed by atoms with Gasteiger partial charge in [-0.15, -0.1) is 0 Å². The fourth-order valence-electron chi connectivity index (χ4n) is 3.08. The number of carbonyl (C=O) groups is 1. The van der Waals surface area contributed by atoms with Crippen LogP contribution in [-0.4, -0.2) is 34.2 Å². The zero-order chi connectivity index (χ0) is 19.1.